The zero-order valence-corrected chi connectivity index (χ0v) is 18.1. The molecule has 3 aromatic rings. The fourth-order valence-electron chi connectivity index (χ4n) is 3.81. The Morgan fingerprint density at radius 2 is 2.03 bits per heavy atom. The lowest BCUT2D eigenvalue weighted by atomic mass is 9.98. The summed E-state index contributed by atoms with van der Waals surface area (Å²) in [6.07, 6.45) is 7.37. The number of nitrogens with zero attached hydrogens (tertiary/aromatic N) is 4. The highest BCUT2D eigenvalue weighted by Gasteiger charge is 2.46. The number of benzene rings is 1. The van der Waals surface area contributed by atoms with E-state index in [1.807, 2.05) is 10.8 Å². The second-order valence-corrected chi connectivity index (χ2v) is 7.68. The summed E-state index contributed by atoms with van der Waals surface area (Å²) in [4.78, 5) is 35.9. The highest BCUT2D eigenvalue weighted by atomic mass is 35.5. The molecule has 1 atom stereocenters. The lowest BCUT2D eigenvalue weighted by Crippen LogP contribution is -2.31. The van der Waals surface area contributed by atoms with Crippen LogP contribution in [0.4, 0.5) is 0 Å². The molecule has 4 rings (SSSR count). The number of Topliss-reactive ketones (excluding diaryl/α,β-unsaturated/α-hetero) is 1. The van der Waals surface area contributed by atoms with Crippen molar-refractivity contribution in [1.29, 1.82) is 0 Å². The Hall–Kier alpha value is -3.65. The number of halogens is 1. The average molecular weight is 453 g/mol. The van der Waals surface area contributed by atoms with Crippen molar-refractivity contribution in [2.75, 3.05) is 13.7 Å². The number of imidazole rings is 1. The Kier molecular flexibility index (Phi) is 6.23. The summed E-state index contributed by atoms with van der Waals surface area (Å²) in [5.41, 5.74) is 0.672. The van der Waals surface area contributed by atoms with E-state index in [1.165, 1.54) is 18.1 Å². The lowest BCUT2D eigenvalue weighted by Gasteiger charge is -2.24. The van der Waals surface area contributed by atoms with Crippen LogP contribution in [0.25, 0.3) is 5.76 Å². The fourth-order valence-corrected chi connectivity index (χ4v) is 3.98. The van der Waals surface area contributed by atoms with Gasteiger partial charge in [-0.25, -0.2) is 4.98 Å². The van der Waals surface area contributed by atoms with Gasteiger partial charge in [-0.2, -0.15) is 0 Å². The Morgan fingerprint density at radius 3 is 2.72 bits per heavy atom. The predicted molar refractivity (Wildman–Crippen MR) is 118 cm³/mol. The van der Waals surface area contributed by atoms with E-state index in [2.05, 4.69) is 9.97 Å². The van der Waals surface area contributed by atoms with Crippen LogP contribution in [0.15, 0.2) is 66.9 Å². The lowest BCUT2D eigenvalue weighted by molar-refractivity contribution is -0.140. The molecule has 1 saturated heterocycles. The number of carbonyl (C=O) groups excluding carboxylic acids is 2. The van der Waals surface area contributed by atoms with Gasteiger partial charge in [0, 0.05) is 36.7 Å². The number of likely N-dealkylation sites (tertiary alicyclic amines) is 1. The third kappa shape index (κ3) is 4.09. The molecule has 9 heteroatoms. The van der Waals surface area contributed by atoms with Crippen LogP contribution in [0.5, 0.6) is 5.75 Å². The van der Waals surface area contributed by atoms with Crippen molar-refractivity contribution in [3.05, 3.63) is 83.2 Å². The number of ether oxygens (including phenoxy) is 1. The SMILES string of the molecule is COc1ccc(Cl)cc1/C(O)=C1\C(=O)C(=O)N(CCCn2ccnc2)[C@@H]1c1ccccn1. The van der Waals surface area contributed by atoms with Crippen LogP contribution < -0.4 is 4.74 Å². The Bertz CT molecular complexity index is 1160. The second kappa shape index (κ2) is 9.23. The highest BCUT2D eigenvalue weighted by molar-refractivity contribution is 6.46. The van der Waals surface area contributed by atoms with E-state index in [0.29, 0.717) is 36.0 Å². The summed E-state index contributed by atoms with van der Waals surface area (Å²) >= 11 is 6.12. The summed E-state index contributed by atoms with van der Waals surface area (Å²) in [5, 5.41) is 11.5. The van der Waals surface area contributed by atoms with Crippen molar-refractivity contribution in [3.8, 4) is 5.75 Å². The molecule has 2 aromatic heterocycles. The van der Waals surface area contributed by atoms with Gasteiger partial charge in [-0.3, -0.25) is 14.6 Å². The highest BCUT2D eigenvalue weighted by Crippen LogP contribution is 2.40. The van der Waals surface area contributed by atoms with Crippen LogP contribution in [-0.2, 0) is 16.1 Å². The number of rotatable bonds is 7. The summed E-state index contributed by atoms with van der Waals surface area (Å²) in [6.45, 7) is 0.924. The summed E-state index contributed by atoms with van der Waals surface area (Å²) in [7, 11) is 1.45. The number of aryl methyl sites for hydroxylation is 1. The molecule has 0 radical (unpaired) electrons. The first kappa shape index (κ1) is 21.6. The van der Waals surface area contributed by atoms with E-state index in [0.717, 1.165) is 0 Å². The van der Waals surface area contributed by atoms with Crippen molar-refractivity contribution in [2.45, 2.75) is 19.0 Å². The molecule has 1 aliphatic heterocycles. The number of ketones is 1. The smallest absolute Gasteiger partial charge is 0.295 e. The van der Waals surface area contributed by atoms with Crippen LogP contribution in [-0.4, -0.2) is 49.9 Å². The normalized spacial score (nSPS) is 17.7. The van der Waals surface area contributed by atoms with Crippen molar-refractivity contribution >= 4 is 29.1 Å². The van der Waals surface area contributed by atoms with Gasteiger partial charge in [0.15, 0.2) is 0 Å². The molecule has 0 unspecified atom stereocenters. The maximum absolute atomic E-state index is 13.1. The fraction of sp³-hybridized carbons (Fsp3) is 0.217. The number of hydrogen-bond donors (Lipinski definition) is 1. The van der Waals surface area contributed by atoms with Crippen LogP contribution in [0.2, 0.25) is 5.02 Å². The number of hydrogen-bond acceptors (Lipinski definition) is 6. The third-order valence-corrected chi connectivity index (χ3v) is 5.53. The number of amides is 1. The second-order valence-electron chi connectivity index (χ2n) is 7.25. The third-order valence-electron chi connectivity index (χ3n) is 5.30. The van der Waals surface area contributed by atoms with Gasteiger partial charge in [0.1, 0.15) is 17.6 Å². The molecule has 1 aromatic carbocycles. The van der Waals surface area contributed by atoms with Crippen molar-refractivity contribution in [2.24, 2.45) is 0 Å². The van der Waals surface area contributed by atoms with E-state index >= 15 is 0 Å². The number of aromatic nitrogens is 3. The molecule has 0 saturated carbocycles. The molecule has 1 amide bonds. The summed E-state index contributed by atoms with van der Waals surface area (Å²) < 4.78 is 7.22. The average Bonchev–Trinajstić information content (AvgIpc) is 3.41. The zero-order valence-electron chi connectivity index (χ0n) is 17.3. The van der Waals surface area contributed by atoms with Crippen LogP contribution >= 0.6 is 11.6 Å². The molecule has 32 heavy (non-hydrogen) atoms. The first-order valence-corrected chi connectivity index (χ1v) is 10.4. The van der Waals surface area contributed by atoms with Gasteiger partial charge >= 0.3 is 0 Å². The molecule has 1 N–H and O–H groups in total. The molecule has 0 spiro atoms. The molecule has 1 aliphatic rings. The van der Waals surface area contributed by atoms with E-state index < -0.39 is 17.7 Å². The van der Waals surface area contributed by atoms with Gasteiger partial charge in [0.25, 0.3) is 11.7 Å². The zero-order chi connectivity index (χ0) is 22.7. The number of aliphatic hydroxyl groups is 1. The minimum absolute atomic E-state index is 0.0445. The molecule has 3 heterocycles. The van der Waals surface area contributed by atoms with Crippen molar-refractivity contribution in [1.82, 2.24) is 19.4 Å². The van der Waals surface area contributed by atoms with Crippen LogP contribution in [0, 0.1) is 0 Å². The topological polar surface area (TPSA) is 97.6 Å². The van der Waals surface area contributed by atoms with Crippen LogP contribution in [0.1, 0.15) is 23.7 Å². The molecular formula is C23H21ClN4O4. The monoisotopic (exact) mass is 452 g/mol. The van der Waals surface area contributed by atoms with Gasteiger partial charge in [-0.05, 0) is 36.8 Å². The van der Waals surface area contributed by atoms with Gasteiger partial charge < -0.3 is 19.3 Å². The molecule has 0 bridgehead atoms. The van der Waals surface area contributed by atoms with Gasteiger partial charge in [0.05, 0.1) is 30.3 Å². The summed E-state index contributed by atoms with van der Waals surface area (Å²) in [6, 6.07) is 9.11. The quantitative estimate of drug-likeness (QED) is 0.335. The predicted octanol–water partition coefficient (Wildman–Crippen LogP) is 3.45. The number of carbonyl (C=O) groups is 2. The minimum atomic E-state index is -0.831. The van der Waals surface area contributed by atoms with E-state index in [1.54, 1.807) is 49.1 Å². The van der Waals surface area contributed by atoms with Crippen LogP contribution in [0.3, 0.4) is 0 Å². The standard InChI is InChI=1S/C23H21ClN4O4/c1-32-18-7-6-15(24)13-16(18)21(29)19-20(17-5-2-3-8-26-17)28(23(31)22(19)30)11-4-10-27-12-9-25-14-27/h2-3,5-9,12-14,20,29H,4,10-11H2,1H3/b21-19+/t20-/m1/s1. The molecule has 0 aliphatic carbocycles. The first-order chi connectivity index (χ1) is 15.5. The number of aliphatic hydroxyl groups excluding tert-OH is 1. The van der Waals surface area contributed by atoms with Crippen molar-refractivity contribution in [3.63, 3.8) is 0 Å². The molecule has 1 fully saturated rings. The molecule has 164 valence electrons. The Labute approximate surface area is 189 Å². The molecular weight excluding hydrogens is 432 g/mol. The largest absolute Gasteiger partial charge is 0.507 e. The maximum Gasteiger partial charge on any atom is 0.295 e. The van der Waals surface area contributed by atoms with E-state index in [4.69, 9.17) is 16.3 Å². The summed E-state index contributed by atoms with van der Waals surface area (Å²) in [5.74, 6) is -1.48. The Balaban J connectivity index is 1.76. The minimum Gasteiger partial charge on any atom is -0.507 e. The Morgan fingerprint density at radius 1 is 1.19 bits per heavy atom. The van der Waals surface area contributed by atoms with Gasteiger partial charge in [-0.1, -0.05) is 17.7 Å². The van der Waals surface area contributed by atoms with Crippen molar-refractivity contribution < 1.29 is 19.4 Å². The van der Waals surface area contributed by atoms with Gasteiger partial charge in [-0.15, -0.1) is 0 Å². The van der Waals surface area contributed by atoms with Gasteiger partial charge in [0.2, 0.25) is 0 Å². The molecule has 8 nitrogen and oxygen atoms in total. The maximum atomic E-state index is 13.1. The number of methoxy groups -OCH3 is 1. The number of pyridine rings is 1. The van der Waals surface area contributed by atoms with E-state index in [9.17, 15) is 14.7 Å². The van der Waals surface area contributed by atoms with E-state index in [-0.39, 0.29) is 16.9 Å². The first-order valence-electron chi connectivity index (χ1n) is 10.00.